The Morgan fingerprint density at radius 2 is 2.20 bits per heavy atom. The van der Waals surface area contributed by atoms with Crippen LogP contribution in [0, 0.1) is 6.92 Å². The molecular weight excluding hydrogens is 254 g/mol. The lowest BCUT2D eigenvalue weighted by molar-refractivity contribution is 0.0755. The Kier molecular flexibility index (Phi) is 3.02. The Morgan fingerprint density at radius 3 is 2.90 bits per heavy atom. The zero-order chi connectivity index (χ0) is 14.1. The summed E-state index contributed by atoms with van der Waals surface area (Å²) in [6.07, 6.45) is 3.48. The van der Waals surface area contributed by atoms with Gasteiger partial charge in [0.05, 0.1) is 6.20 Å². The van der Waals surface area contributed by atoms with E-state index in [9.17, 15) is 4.79 Å². The van der Waals surface area contributed by atoms with Crippen LogP contribution in [-0.2, 0) is 6.54 Å². The summed E-state index contributed by atoms with van der Waals surface area (Å²) in [7, 11) is 1.75. The SMILES string of the molecule is Cc1c(C(=O)N(C)Cc2cn[nH]c2)oc2ccccc12. The van der Waals surface area contributed by atoms with Gasteiger partial charge in [-0.3, -0.25) is 9.89 Å². The van der Waals surface area contributed by atoms with Gasteiger partial charge in [-0.05, 0) is 13.0 Å². The van der Waals surface area contributed by atoms with Crippen LogP contribution in [0.4, 0.5) is 0 Å². The second-order valence-electron chi connectivity index (χ2n) is 4.82. The summed E-state index contributed by atoms with van der Waals surface area (Å²) in [6.45, 7) is 2.40. The van der Waals surface area contributed by atoms with Gasteiger partial charge in [0.15, 0.2) is 5.76 Å². The van der Waals surface area contributed by atoms with Crippen molar-refractivity contribution in [3.63, 3.8) is 0 Å². The van der Waals surface area contributed by atoms with Gasteiger partial charge in [0.1, 0.15) is 5.58 Å². The topological polar surface area (TPSA) is 62.1 Å². The molecule has 0 aliphatic heterocycles. The molecule has 0 spiro atoms. The predicted molar refractivity (Wildman–Crippen MR) is 75.3 cm³/mol. The van der Waals surface area contributed by atoms with Gasteiger partial charge in [-0.25, -0.2) is 0 Å². The fourth-order valence-corrected chi connectivity index (χ4v) is 2.26. The number of carbonyl (C=O) groups excluding carboxylic acids is 1. The first-order chi connectivity index (χ1) is 9.66. The molecule has 2 aromatic heterocycles. The van der Waals surface area contributed by atoms with E-state index in [0.717, 1.165) is 22.1 Å². The lowest BCUT2D eigenvalue weighted by Crippen LogP contribution is -2.26. The van der Waals surface area contributed by atoms with Crippen LogP contribution in [0.1, 0.15) is 21.7 Å². The Morgan fingerprint density at radius 1 is 1.40 bits per heavy atom. The average molecular weight is 269 g/mol. The second kappa shape index (κ2) is 4.85. The molecule has 3 rings (SSSR count). The van der Waals surface area contributed by atoms with Crippen LogP contribution in [-0.4, -0.2) is 28.1 Å². The van der Waals surface area contributed by atoms with E-state index < -0.39 is 0 Å². The molecule has 5 heteroatoms. The monoisotopic (exact) mass is 269 g/mol. The largest absolute Gasteiger partial charge is 0.451 e. The summed E-state index contributed by atoms with van der Waals surface area (Å²) in [5.41, 5.74) is 2.57. The third-order valence-electron chi connectivity index (χ3n) is 3.36. The maximum absolute atomic E-state index is 12.5. The molecule has 0 aliphatic carbocycles. The van der Waals surface area contributed by atoms with Crippen LogP contribution in [0.2, 0.25) is 0 Å². The van der Waals surface area contributed by atoms with Crippen LogP contribution in [0.15, 0.2) is 41.1 Å². The van der Waals surface area contributed by atoms with Crippen LogP contribution in [0.25, 0.3) is 11.0 Å². The molecule has 102 valence electrons. The van der Waals surface area contributed by atoms with Crippen LogP contribution in [0.3, 0.4) is 0 Å². The molecule has 2 heterocycles. The smallest absolute Gasteiger partial charge is 0.289 e. The number of hydrogen-bond donors (Lipinski definition) is 1. The molecule has 1 aromatic carbocycles. The Balaban J connectivity index is 1.90. The number of nitrogens with zero attached hydrogens (tertiary/aromatic N) is 2. The van der Waals surface area contributed by atoms with Crippen LogP contribution in [0.5, 0.6) is 0 Å². The first-order valence-electron chi connectivity index (χ1n) is 6.38. The fraction of sp³-hybridized carbons (Fsp3) is 0.200. The standard InChI is InChI=1S/C15H15N3O2/c1-10-12-5-3-4-6-13(12)20-14(10)15(19)18(2)9-11-7-16-17-8-11/h3-8H,9H2,1-2H3,(H,16,17). The van der Waals surface area contributed by atoms with Gasteiger partial charge in [0, 0.05) is 36.3 Å². The molecule has 20 heavy (non-hydrogen) atoms. The number of aromatic amines is 1. The van der Waals surface area contributed by atoms with E-state index in [1.54, 1.807) is 24.3 Å². The van der Waals surface area contributed by atoms with Crippen molar-refractivity contribution in [1.29, 1.82) is 0 Å². The van der Waals surface area contributed by atoms with E-state index in [-0.39, 0.29) is 5.91 Å². The summed E-state index contributed by atoms with van der Waals surface area (Å²) >= 11 is 0. The number of aromatic nitrogens is 2. The Bertz CT molecular complexity index is 744. The number of rotatable bonds is 3. The molecule has 0 aliphatic rings. The number of carbonyl (C=O) groups is 1. The third-order valence-corrected chi connectivity index (χ3v) is 3.36. The average Bonchev–Trinajstić information content (AvgIpc) is 3.07. The quantitative estimate of drug-likeness (QED) is 0.795. The zero-order valence-electron chi connectivity index (χ0n) is 11.4. The lowest BCUT2D eigenvalue weighted by atomic mass is 10.1. The molecule has 0 unspecified atom stereocenters. The second-order valence-corrected chi connectivity index (χ2v) is 4.82. The maximum atomic E-state index is 12.5. The Labute approximate surface area is 116 Å². The van der Waals surface area contributed by atoms with Gasteiger partial charge in [-0.2, -0.15) is 5.10 Å². The van der Waals surface area contributed by atoms with Crippen molar-refractivity contribution in [1.82, 2.24) is 15.1 Å². The molecular formula is C15H15N3O2. The van der Waals surface area contributed by atoms with Gasteiger partial charge >= 0.3 is 0 Å². The highest BCUT2D eigenvalue weighted by Gasteiger charge is 2.21. The first-order valence-corrected chi connectivity index (χ1v) is 6.38. The zero-order valence-corrected chi connectivity index (χ0v) is 11.4. The van der Waals surface area contributed by atoms with Crippen molar-refractivity contribution in [2.45, 2.75) is 13.5 Å². The Hall–Kier alpha value is -2.56. The first kappa shape index (κ1) is 12.5. The molecule has 0 saturated heterocycles. The summed E-state index contributed by atoms with van der Waals surface area (Å²) in [5.74, 6) is 0.275. The maximum Gasteiger partial charge on any atom is 0.289 e. The van der Waals surface area contributed by atoms with Crippen molar-refractivity contribution in [3.05, 3.63) is 53.5 Å². The van der Waals surface area contributed by atoms with Crippen LogP contribution >= 0.6 is 0 Å². The minimum atomic E-state index is -0.125. The molecule has 0 atom stereocenters. The van der Waals surface area contributed by atoms with Crippen molar-refractivity contribution in [3.8, 4) is 0 Å². The van der Waals surface area contributed by atoms with Crippen molar-refractivity contribution in [2.75, 3.05) is 7.05 Å². The van der Waals surface area contributed by atoms with Gasteiger partial charge < -0.3 is 9.32 Å². The van der Waals surface area contributed by atoms with E-state index in [0.29, 0.717) is 12.3 Å². The number of benzene rings is 1. The summed E-state index contributed by atoms with van der Waals surface area (Å²) in [6, 6.07) is 7.67. The number of amides is 1. The fourth-order valence-electron chi connectivity index (χ4n) is 2.26. The lowest BCUT2D eigenvalue weighted by Gasteiger charge is -2.14. The van der Waals surface area contributed by atoms with Crippen molar-refractivity contribution >= 4 is 16.9 Å². The number of aryl methyl sites for hydroxylation is 1. The molecule has 1 amide bonds. The van der Waals surface area contributed by atoms with Crippen molar-refractivity contribution < 1.29 is 9.21 Å². The van der Waals surface area contributed by atoms with E-state index in [1.807, 2.05) is 31.2 Å². The molecule has 0 saturated carbocycles. The van der Waals surface area contributed by atoms with Gasteiger partial charge in [0.25, 0.3) is 5.91 Å². The minimum Gasteiger partial charge on any atom is -0.451 e. The van der Waals surface area contributed by atoms with Gasteiger partial charge in [-0.15, -0.1) is 0 Å². The number of fused-ring (bicyclic) bond motifs is 1. The van der Waals surface area contributed by atoms with E-state index >= 15 is 0 Å². The number of nitrogens with one attached hydrogen (secondary N) is 1. The summed E-state index contributed by atoms with van der Waals surface area (Å²) in [5, 5.41) is 7.59. The van der Waals surface area contributed by atoms with Gasteiger partial charge in [0.2, 0.25) is 0 Å². The van der Waals surface area contributed by atoms with Crippen molar-refractivity contribution in [2.24, 2.45) is 0 Å². The van der Waals surface area contributed by atoms with E-state index in [4.69, 9.17) is 4.42 Å². The number of furan rings is 1. The molecule has 3 aromatic rings. The number of hydrogen-bond acceptors (Lipinski definition) is 3. The predicted octanol–water partition coefficient (Wildman–Crippen LogP) is 2.74. The van der Waals surface area contributed by atoms with E-state index in [2.05, 4.69) is 10.2 Å². The minimum absolute atomic E-state index is 0.125. The third kappa shape index (κ3) is 2.07. The number of para-hydroxylation sites is 1. The highest BCUT2D eigenvalue weighted by Crippen LogP contribution is 2.25. The summed E-state index contributed by atoms with van der Waals surface area (Å²) in [4.78, 5) is 14.1. The molecule has 1 N–H and O–H groups in total. The molecule has 0 radical (unpaired) electrons. The highest BCUT2D eigenvalue weighted by atomic mass is 16.3. The number of H-pyrrole nitrogens is 1. The van der Waals surface area contributed by atoms with Crippen LogP contribution < -0.4 is 0 Å². The highest BCUT2D eigenvalue weighted by molar-refractivity contribution is 5.98. The van der Waals surface area contributed by atoms with Gasteiger partial charge in [-0.1, -0.05) is 18.2 Å². The molecule has 0 bridgehead atoms. The molecule has 0 fully saturated rings. The van der Waals surface area contributed by atoms with E-state index in [1.165, 1.54) is 0 Å². The summed E-state index contributed by atoms with van der Waals surface area (Å²) < 4.78 is 5.69. The normalized spacial score (nSPS) is 10.9. The molecule has 5 nitrogen and oxygen atoms in total.